The molecule has 2 N–H and O–H groups in total. The zero-order valence-electron chi connectivity index (χ0n) is 13.4. The van der Waals surface area contributed by atoms with Gasteiger partial charge in [-0.25, -0.2) is 9.97 Å². The zero-order chi connectivity index (χ0) is 17.8. The summed E-state index contributed by atoms with van der Waals surface area (Å²) in [5, 5.41) is 9.77. The van der Waals surface area contributed by atoms with E-state index in [4.69, 9.17) is 20.9 Å². The van der Waals surface area contributed by atoms with Crippen molar-refractivity contribution in [1.29, 1.82) is 0 Å². The molecule has 9 heteroatoms. The lowest BCUT2D eigenvalue weighted by Gasteiger charge is -2.08. The van der Waals surface area contributed by atoms with E-state index in [1.807, 2.05) is 0 Å². The van der Waals surface area contributed by atoms with Gasteiger partial charge >= 0.3 is 0 Å². The van der Waals surface area contributed by atoms with E-state index in [1.165, 1.54) is 12.4 Å². The second kappa shape index (κ2) is 7.18. The average Bonchev–Trinajstić information content (AvgIpc) is 3.00. The maximum atomic E-state index is 12.1. The Labute approximate surface area is 148 Å². The summed E-state index contributed by atoms with van der Waals surface area (Å²) in [6.45, 7) is 1.73. The van der Waals surface area contributed by atoms with Crippen molar-refractivity contribution in [3.8, 4) is 5.75 Å². The van der Waals surface area contributed by atoms with Crippen LogP contribution in [-0.2, 0) is 0 Å². The molecule has 2 aromatic heterocycles. The molecule has 0 saturated carbocycles. The summed E-state index contributed by atoms with van der Waals surface area (Å²) in [6, 6.07) is 6.84. The third kappa shape index (κ3) is 4.04. The predicted octanol–water partition coefficient (Wildman–Crippen LogP) is 3.43. The topological polar surface area (TPSA) is 102 Å². The molecule has 0 unspecified atom stereocenters. The van der Waals surface area contributed by atoms with Gasteiger partial charge in [-0.1, -0.05) is 16.8 Å². The number of carbonyl (C=O) groups is 1. The first-order valence-corrected chi connectivity index (χ1v) is 7.60. The van der Waals surface area contributed by atoms with Crippen LogP contribution in [0, 0.1) is 6.92 Å². The molecule has 0 radical (unpaired) electrons. The lowest BCUT2D eigenvalue weighted by Crippen LogP contribution is -2.14. The normalized spacial score (nSPS) is 10.4. The summed E-state index contributed by atoms with van der Waals surface area (Å²) >= 11 is 6.07. The fourth-order valence-electron chi connectivity index (χ4n) is 2.01. The molecule has 0 atom stereocenters. The van der Waals surface area contributed by atoms with E-state index in [0.717, 1.165) is 5.69 Å². The highest BCUT2D eigenvalue weighted by molar-refractivity contribution is 6.32. The number of amides is 1. The Kier molecular flexibility index (Phi) is 4.80. The highest BCUT2D eigenvalue weighted by Gasteiger charge is 2.11. The number of nitrogens with zero attached hydrogens (tertiary/aromatic N) is 3. The van der Waals surface area contributed by atoms with Gasteiger partial charge in [0.2, 0.25) is 0 Å². The summed E-state index contributed by atoms with van der Waals surface area (Å²) in [7, 11) is 1.55. The molecule has 1 aromatic carbocycles. The van der Waals surface area contributed by atoms with Crippen LogP contribution in [0.1, 0.15) is 16.2 Å². The summed E-state index contributed by atoms with van der Waals surface area (Å²) in [5.41, 5.74) is 0.870. The van der Waals surface area contributed by atoms with Gasteiger partial charge in [0.05, 0.1) is 24.5 Å². The van der Waals surface area contributed by atoms with Gasteiger partial charge in [-0.3, -0.25) is 4.79 Å². The molecule has 0 bridgehead atoms. The largest absolute Gasteiger partial charge is 0.495 e. The number of nitrogens with one attached hydrogen (secondary N) is 2. The van der Waals surface area contributed by atoms with E-state index in [-0.39, 0.29) is 5.69 Å². The lowest BCUT2D eigenvalue weighted by atomic mass is 10.3. The molecule has 128 valence electrons. The maximum absolute atomic E-state index is 12.1. The molecule has 0 aliphatic carbocycles. The number of rotatable bonds is 5. The van der Waals surface area contributed by atoms with Gasteiger partial charge in [-0.2, -0.15) is 0 Å². The van der Waals surface area contributed by atoms with Gasteiger partial charge < -0.3 is 19.9 Å². The second-order valence-corrected chi connectivity index (χ2v) is 5.45. The van der Waals surface area contributed by atoms with Crippen LogP contribution in [0.4, 0.5) is 17.3 Å². The molecule has 2 heterocycles. The Bertz CT molecular complexity index is 895. The lowest BCUT2D eigenvalue weighted by molar-refractivity contribution is 0.102. The standard InChI is InChI=1S/C16H14ClN5O3/c1-9-5-14(22-25-9)21-16(23)12-7-19-15(8-18-12)20-10-3-4-13(24-2)11(17)6-10/h3-8H,1-2H3,(H,19,20)(H,21,22,23). The number of methoxy groups -OCH3 is 1. The molecule has 0 fully saturated rings. The maximum Gasteiger partial charge on any atom is 0.277 e. The van der Waals surface area contributed by atoms with Gasteiger partial charge in [0, 0.05) is 11.8 Å². The first-order chi connectivity index (χ1) is 12.0. The van der Waals surface area contributed by atoms with Crippen LogP contribution < -0.4 is 15.4 Å². The van der Waals surface area contributed by atoms with Crippen LogP contribution in [0.15, 0.2) is 41.2 Å². The van der Waals surface area contributed by atoms with Crippen molar-refractivity contribution in [2.24, 2.45) is 0 Å². The molecule has 1 amide bonds. The minimum absolute atomic E-state index is 0.152. The highest BCUT2D eigenvalue weighted by atomic mass is 35.5. The molecule has 0 aliphatic rings. The summed E-state index contributed by atoms with van der Waals surface area (Å²) in [6.07, 6.45) is 2.80. The number of anilines is 3. The van der Waals surface area contributed by atoms with Crippen molar-refractivity contribution >= 4 is 34.8 Å². The molecular weight excluding hydrogens is 346 g/mol. The molecule has 8 nitrogen and oxygen atoms in total. The first kappa shape index (κ1) is 16.7. The van der Waals surface area contributed by atoms with E-state index in [9.17, 15) is 4.79 Å². The van der Waals surface area contributed by atoms with Crippen LogP contribution in [0.5, 0.6) is 5.75 Å². The Hall–Kier alpha value is -3.13. The zero-order valence-corrected chi connectivity index (χ0v) is 14.2. The number of aromatic nitrogens is 3. The van der Waals surface area contributed by atoms with Gasteiger partial charge in [-0.15, -0.1) is 0 Å². The molecule has 3 aromatic rings. The number of hydrogen-bond donors (Lipinski definition) is 2. The monoisotopic (exact) mass is 359 g/mol. The van der Waals surface area contributed by atoms with E-state index in [0.29, 0.717) is 28.2 Å². The minimum atomic E-state index is -0.431. The Balaban J connectivity index is 1.67. The Morgan fingerprint density at radius 3 is 2.64 bits per heavy atom. The van der Waals surface area contributed by atoms with Crippen LogP contribution in [0.3, 0.4) is 0 Å². The van der Waals surface area contributed by atoms with Crippen molar-refractivity contribution in [3.63, 3.8) is 0 Å². The van der Waals surface area contributed by atoms with Crippen molar-refractivity contribution in [2.45, 2.75) is 6.92 Å². The fraction of sp³-hybridized carbons (Fsp3) is 0.125. The predicted molar refractivity (Wildman–Crippen MR) is 92.5 cm³/mol. The summed E-state index contributed by atoms with van der Waals surface area (Å²) in [4.78, 5) is 20.3. The SMILES string of the molecule is COc1ccc(Nc2cnc(C(=O)Nc3cc(C)on3)cn2)cc1Cl. The number of halogens is 1. The number of hydrogen-bond acceptors (Lipinski definition) is 7. The average molecular weight is 360 g/mol. The molecule has 0 spiro atoms. The van der Waals surface area contributed by atoms with E-state index in [2.05, 4.69) is 25.8 Å². The minimum Gasteiger partial charge on any atom is -0.495 e. The summed E-state index contributed by atoms with van der Waals surface area (Å²) in [5.74, 6) is 1.53. The first-order valence-electron chi connectivity index (χ1n) is 7.22. The smallest absolute Gasteiger partial charge is 0.277 e. The Morgan fingerprint density at radius 1 is 1.20 bits per heavy atom. The quantitative estimate of drug-likeness (QED) is 0.719. The van der Waals surface area contributed by atoms with E-state index >= 15 is 0 Å². The molecular formula is C16H14ClN5O3. The molecule has 25 heavy (non-hydrogen) atoms. The molecule has 3 rings (SSSR count). The number of aryl methyl sites for hydroxylation is 1. The third-order valence-corrected chi connectivity index (χ3v) is 3.47. The van der Waals surface area contributed by atoms with Crippen molar-refractivity contribution in [1.82, 2.24) is 15.1 Å². The van der Waals surface area contributed by atoms with Crippen molar-refractivity contribution in [2.75, 3.05) is 17.7 Å². The Morgan fingerprint density at radius 2 is 2.04 bits per heavy atom. The number of carbonyl (C=O) groups excluding carboxylic acids is 1. The fourth-order valence-corrected chi connectivity index (χ4v) is 2.27. The van der Waals surface area contributed by atoms with Gasteiger partial charge in [-0.05, 0) is 25.1 Å². The van der Waals surface area contributed by atoms with Crippen LogP contribution in [0.2, 0.25) is 5.02 Å². The van der Waals surface area contributed by atoms with Crippen LogP contribution in [0.25, 0.3) is 0 Å². The second-order valence-electron chi connectivity index (χ2n) is 5.04. The third-order valence-electron chi connectivity index (χ3n) is 3.18. The van der Waals surface area contributed by atoms with E-state index in [1.54, 1.807) is 38.3 Å². The summed E-state index contributed by atoms with van der Waals surface area (Å²) < 4.78 is 9.98. The molecule has 0 saturated heterocycles. The van der Waals surface area contributed by atoms with Gasteiger partial charge in [0.25, 0.3) is 5.91 Å². The van der Waals surface area contributed by atoms with E-state index < -0.39 is 5.91 Å². The van der Waals surface area contributed by atoms with Gasteiger partial charge in [0.1, 0.15) is 23.0 Å². The van der Waals surface area contributed by atoms with Crippen LogP contribution >= 0.6 is 11.6 Å². The highest BCUT2D eigenvalue weighted by Crippen LogP contribution is 2.28. The number of ether oxygens (including phenoxy) is 1. The molecule has 0 aliphatic heterocycles. The van der Waals surface area contributed by atoms with Gasteiger partial charge in [0.15, 0.2) is 5.82 Å². The van der Waals surface area contributed by atoms with Crippen LogP contribution in [-0.4, -0.2) is 28.1 Å². The van der Waals surface area contributed by atoms with Crippen molar-refractivity contribution < 1.29 is 14.1 Å². The van der Waals surface area contributed by atoms with Crippen molar-refractivity contribution in [3.05, 3.63) is 53.1 Å². The number of benzene rings is 1.